The van der Waals surface area contributed by atoms with Crippen molar-refractivity contribution in [2.75, 3.05) is 5.32 Å². The zero-order chi connectivity index (χ0) is 16.5. The zero-order valence-corrected chi connectivity index (χ0v) is 14.6. The predicted octanol–water partition coefficient (Wildman–Crippen LogP) is 3.87. The molecule has 0 aliphatic rings. The van der Waals surface area contributed by atoms with E-state index in [1.807, 2.05) is 29.6 Å². The first kappa shape index (κ1) is 15.0. The van der Waals surface area contributed by atoms with Crippen molar-refractivity contribution in [1.29, 1.82) is 0 Å². The number of hydrogen-bond donors (Lipinski definition) is 1. The third-order valence-corrected chi connectivity index (χ3v) is 4.69. The number of rotatable bonds is 3. The Morgan fingerprint density at radius 2 is 2.12 bits per heavy atom. The molecule has 0 saturated carbocycles. The number of nitrogens with one attached hydrogen (secondary N) is 1. The minimum Gasteiger partial charge on any atom is -0.305 e. The van der Waals surface area contributed by atoms with Crippen molar-refractivity contribution >= 4 is 44.6 Å². The van der Waals surface area contributed by atoms with Crippen molar-refractivity contribution in [3.63, 3.8) is 0 Å². The molecule has 1 amide bonds. The molecular formula is C16H10BrN5OS. The van der Waals surface area contributed by atoms with Gasteiger partial charge in [-0.15, -0.1) is 11.3 Å². The molecule has 4 heterocycles. The second-order valence-corrected chi connectivity index (χ2v) is 6.79. The van der Waals surface area contributed by atoms with E-state index in [0.29, 0.717) is 11.5 Å². The summed E-state index contributed by atoms with van der Waals surface area (Å²) in [7, 11) is 0. The number of anilines is 1. The van der Waals surface area contributed by atoms with Gasteiger partial charge in [-0.25, -0.2) is 14.5 Å². The molecule has 0 saturated heterocycles. The summed E-state index contributed by atoms with van der Waals surface area (Å²) < 4.78 is 2.52. The number of nitrogens with zero attached hydrogens (tertiary/aromatic N) is 4. The Morgan fingerprint density at radius 3 is 2.88 bits per heavy atom. The van der Waals surface area contributed by atoms with Gasteiger partial charge in [0.05, 0.1) is 10.6 Å². The SMILES string of the molecule is O=C(Nc1ccc(Br)cn1)c1cc2nccc(-c3cccs3)n2n1. The Labute approximate surface area is 149 Å². The molecule has 0 aliphatic heterocycles. The van der Waals surface area contributed by atoms with E-state index in [9.17, 15) is 4.79 Å². The summed E-state index contributed by atoms with van der Waals surface area (Å²) in [6, 6.07) is 11.0. The maximum atomic E-state index is 12.4. The Balaban J connectivity index is 1.69. The molecule has 0 radical (unpaired) electrons. The Kier molecular flexibility index (Phi) is 3.83. The summed E-state index contributed by atoms with van der Waals surface area (Å²) in [6.45, 7) is 0. The van der Waals surface area contributed by atoms with Crippen molar-refractivity contribution < 1.29 is 4.79 Å². The molecule has 0 bridgehead atoms. The van der Waals surface area contributed by atoms with E-state index in [2.05, 4.69) is 36.3 Å². The van der Waals surface area contributed by atoms with Crippen LogP contribution in [-0.2, 0) is 0 Å². The third kappa shape index (κ3) is 2.81. The molecule has 4 aromatic rings. The Bertz CT molecular complexity index is 1010. The van der Waals surface area contributed by atoms with Crippen LogP contribution < -0.4 is 5.32 Å². The second-order valence-electron chi connectivity index (χ2n) is 4.92. The number of aromatic nitrogens is 4. The summed E-state index contributed by atoms with van der Waals surface area (Å²) in [5.74, 6) is 0.138. The van der Waals surface area contributed by atoms with Crippen LogP contribution in [0.4, 0.5) is 5.82 Å². The van der Waals surface area contributed by atoms with Gasteiger partial charge < -0.3 is 5.32 Å². The van der Waals surface area contributed by atoms with Crippen molar-refractivity contribution in [2.45, 2.75) is 0 Å². The van der Waals surface area contributed by atoms with Crippen LogP contribution in [0.25, 0.3) is 16.2 Å². The first-order valence-electron chi connectivity index (χ1n) is 7.02. The van der Waals surface area contributed by atoms with Gasteiger partial charge >= 0.3 is 0 Å². The molecule has 0 atom stereocenters. The van der Waals surface area contributed by atoms with E-state index in [-0.39, 0.29) is 11.6 Å². The lowest BCUT2D eigenvalue weighted by molar-refractivity contribution is 0.102. The lowest BCUT2D eigenvalue weighted by Crippen LogP contribution is -2.13. The Hall–Kier alpha value is -2.58. The summed E-state index contributed by atoms with van der Waals surface area (Å²) in [4.78, 5) is 21.9. The van der Waals surface area contributed by atoms with Crippen LogP contribution in [0.1, 0.15) is 10.5 Å². The number of pyridine rings is 1. The van der Waals surface area contributed by atoms with Crippen molar-refractivity contribution in [2.24, 2.45) is 0 Å². The molecule has 0 spiro atoms. The number of carbonyl (C=O) groups excluding carboxylic acids is 1. The largest absolute Gasteiger partial charge is 0.305 e. The molecular weight excluding hydrogens is 390 g/mol. The van der Waals surface area contributed by atoms with E-state index < -0.39 is 0 Å². The molecule has 0 fully saturated rings. The van der Waals surface area contributed by atoms with Crippen LogP contribution in [0.15, 0.2) is 58.6 Å². The van der Waals surface area contributed by atoms with Gasteiger partial charge in [-0.2, -0.15) is 5.10 Å². The summed E-state index contributed by atoms with van der Waals surface area (Å²) >= 11 is 4.92. The minimum absolute atomic E-state index is 0.288. The van der Waals surface area contributed by atoms with Crippen LogP contribution in [0.5, 0.6) is 0 Å². The van der Waals surface area contributed by atoms with Gasteiger partial charge in [-0.3, -0.25) is 4.79 Å². The summed E-state index contributed by atoms with van der Waals surface area (Å²) in [5.41, 5.74) is 1.81. The van der Waals surface area contributed by atoms with Crippen molar-refractivity contribution in [3.05, 3.63) is 64.3 Å². The average Bonchev–Trinajstić information content (AvgIpc) is 3.25. The zero-order valence-electron chi connectivity index (χ0n) is 12.2. The predicted molar refractivity (Wildman–Crippen MR) is 96.2 cm³/mol. The van der Waals surface area contributed by atoms with Crippen LogP contribution in [-0.4, -0.2) is 25.5 Å². The lowest BCUT2D eigenvalue weighted by Gasteiger charge is -2.02. The van der Waals surface area contributed by atoms with E-state index in [1.54, 1.807) is 40.4 Å². The molecule has 8 heteroatoms. The fraction of sp³-hybridized carbons (Fsp3) is 0. The fourth-order valence-electron chi connectivity index (χ4n) is 2.25. The molecule has 24 heavy (non-hydrogen) atoms. The molecule has 1 N–H and O–H groups in total. The topological polar surface area (TPSA) is 72.2 Å². The van der Waals surface area contributed by atoms with Gasteiger partial charge in [0.15, 0.2) is 11.3 Å². The number of amides is 1. The van der Waals surface area contributed by atoms with E-state index in [4.69, 9.17) is 0 Å². The molecule has 4 rings (SSSR count). The van der Waals surface area contributed by atoms with E-state index in [1.165, 1.54) is 0 Å². The highest BCUT2D eigenvalue weighted by molar-refractivity contribution is 9.10. The van der Waals surface area contributed by atoms with E-state index in [0.717, 1.165) is 15.0 Å². The standard InChI is InChI=1S/C16H10BrN5OS/c17-10-3-4-14(19-9-10)20-16(23)11-8-15-18-6-5-12(22(15)21-11)13-2-1-7-24-13/h1-9H,(H,19,20,23). The number of hydrogen-bond acceptors (Lipinski definition) is 5. The molecule has 6 nitrogen and oxygen atoms in total. The first-order chi connectivity index (χ1) is 11.7. The second kappa shape index (κ2) is 6.14. The molecule has 118 valence electrons. The van der Waals surface area contributed by atoms with Crippen LogP contribution in [0, 0.1) is 0 Å². The summed E-state index contributed by atoms with van der Waals surface area (Å²) in [5, 5.41) is 9.12. The number of fused-ring (bicyclic) bond motifs is 1. The molecule has 4 aromatic heterocycles. The van der Waals surface area contributed by atoms with Gasteiger partial charge in [-0.05, 0) is 45.6 Å². The Morgan fingerprint density at radius 1 is 1.21 bits per heavy atom. The van der Waals surface area contributed by atoms with Gasteiger partial charge in [0.2, 0.25) is 0 Å². The molecule has 0 aliphatic carbocycles. The van der Waals surface area contributed by atoms with Crippen LogP contribution in [0.3, 0.4) is 0 Å². The third-order valence-electron chi connectivity index (χ3n) is 3.33. The molecule has 0 unspecified atom stereocenters. The first-order valence-corrected chi connectivity index (χ1v) is 8.69. The lowest BCUT2D eigenvalue weighted by atomic mass is 10.3. The highest BCUT2D eigenvalue weighted by Gasteiger charge is 2.15. The quantitative estimate of drug-likeness (QED) is 0.567. The highest BCUT2D eigenvalue weighted by atomic mass is 79.9. The van der Waals surface area contributed by atoms with Crippen molar-refractivity contribution in [1.82, 2.24) is 19.6 Å². The maximum Gasteiger partial charge on any atom is 0.277 e. The number of halogens is 1. The average molecular weight is 400 g/mol. The van der Waals surface area contributed by atoms with Gasteiger partial charge in [0.1, 0.15) is 5.82 Å². The molecule has 0 aromatic carbocycles. The van der Waals surface area contributed by atoms with Gasteiger partial charge in [-0.1, -0.05) is 6.07 Å². The normalized spacial score (nSPS) is 10.9. The highest BCUT2D eigenvalue weighted by Crippen LogP contribution is 2.24. The van der Waals surface area contributed by atoms with Crippen LogP contribution >= 0.6 is 27.3 Å². The fourth-order valence-corrected chi connectivity index (χ4v) is 3.22. The smallest absolute Gasteiger partial charge is 0.277 e. The van der Waals surface area contributed by atoms with Gasteiger partial charge in [0.25, 0.3) is 5.91 Å². The van der Waals surface area contributed by atoms with E-state index >= 15 is 0 Å². The monoisotopic (exact) mass is 399 g/mol. The number of carbonyl (C=O) groups is 1. The maximum absolute atomic E-state index is 12.4. The number of thiophene rings is 1. The van der Waals surface area contributed by atoms with Crippen LogP contribution in [0.2, 0.25) is 0 Å². The summed E-state index contributed by atoms with van der Waals surface area (Å²) in [6.07, 6.45) is 3.33. The minimum atomic E-state index is -0.326. The van der Waals surface area contributed by atoms with Crippen molar-refractivity contribution in [3.8, 4) is 10.6 Å². The van der Waals surface area contributed by atoms with Gasteiger partial charge in [0, 0.05) is 22.9 Å².